The number of carbonyl (C=O) groups is 2. The highest BCUT2D eigenvalue weighted by Crippen LogP contribution is 2.32. The van der Waals surface area contributed by atoms with Crippen LogP contribution in [0.15, 0.2) is 36.7 Å². The number of aryl methyl sites for hydroxylation is 1. The minimum Gasteiger partial charge on any atom is -0.336 e. The number of pyridine rings is 1. The predicted octanol–water partition coefficient (Wildman–Crippen LogP) is 0.372. The Labute approximate surface area is 210 Å². The number of nitrogens with zero attached hydrogens (tertiary/aromatic N) is 4. The first-order valence-corrected chi connectivity index (χ1v) is 12.3. The smallest absolute Gasteiger partial charge is 0.253 e. The number of aromatic nitrogens is 1. The fourth-order valence-electron chi connectivity index (χ4n) is 5.21. The third kappa shape index (κ3) is 4.84. The molecule has 0 aliphatic carbocycles. The van der Waals surface area contributed by atoms with Crippen LogP contribution in [0.2, 0.25) is 0 Å². The van der Waals surface area contributed by atoms with E-state index in [1.54, 1.807) is 17.4 Å². The molecular weight excluding hydrogens is 463 g/mol. The lowest BCUT2D eigenvalue weighted by Gasteiger charge is -2.33. The summed E-state index contributed by atoms with van der Waals surface area (Å²) in [4.78, 5) is 34.6. The van der Waals surface area contributed by atoms with Crippen molar-refractivity contribution in [3.05, 3.63) is 47.8 Å². The van der Waals surface area contributed by atoms with Gasteiger partial charge < -0.3 is 20.9 Å². The molecule has 11 heteroatoms. The lowest BCUT2D eigenvalue weighted by atomic mass is 9.96. The normalized spacial score (nSPS) is 27.1. The molecule has 3 saturated heterocycles. The van der Waals surface area contributed by atoms with E-state index in [0.717, 1.165) is 29.8 Å². The van der Waals surface area contributed by atoms with Crippen molar-refractivity contribution in [1.82, 2.24) is 30.5 Å². The molecule has 0 radical (unpaired) electrons. The first-order valence-electron chi connectivity index (χ1n) is 12.3. The topological polar surface area (TPSA) is 119 Å². The van der Waals surface area contributed by atoms with Crippen molar-refractivity contribution in [2.75, 3.05) is 51.6 Å². The number of rotatable bonds is 4. The number of fused-ring (bicyclic) bond motifs is 1. The van der Waals surface area contributed by atoms with E-state index in [1.165, 1.54) is 0 Å². The molecule has 3 fully saturated rings. The Morgan fingerprint density at radius 1 is 1.17 bits per heavy atom. The van der Waals surface area contributed by atoms with Crippen molar-refractivity contribution in [3.63, 3.8) is 0 Å². The van der Waals surface area contributed by atoms with Gasteiger partial charge in [-0.05, 0) is 43.3 Å². The highest BCUT2D eigenvalue weighted by Gasteiger charge is 2.47. The van der Waals surface area contributed by atoms with E-state index >= 15 is 0 Å². The molecule has 4 unspecified atom stereocenters. The van der Waals surface area contributed by atoms with Crippen molar-refractivity contribution in [1.29, 1.82) is 0 Å². The zero-order valence-electron chi connectivity index (χ0n) is 20.6. The molecule has 0 saturated carbocycles. The maximum absolute atomic E-state index is 13.8. The van der Waals surface area contributed by atoms with Gasteiger partial charge in [0.25, 0.3) is 5.91 Å². The molecule has 0 spiro atoms. The van der Waals surface area contributed by atoms with E-state index in [2.05, 4.69) is 33.0 Å². The molecule has 2 aromatic rings. The maximum atomic E-state index is 13.8. The second-order valence-electron chi connectivity index (χ2n) is 9.82. The number of piperazine rings is 1. The highest BCUT2D eigenvalue weighted by molar-refractivity contribution is 5.99. The highest BCUT2D eigenvalue weighted by atomic mass is 19.1. The monoisotopic (exact) mass is 496 g/mol. The van der Waals surface area contributed by atoms with Gasteiger partial charge in [0, 0.05) is 56.6 Å². The van der Waals surface area contributed by atoms with Gasteiger partial charge in [-0.1, -0.05) is 6.07 Å². The van der Waals surface area contributed by atoms with Crippen molar-refractivity contribution in [3.8, 4) is 11.1 Å². The summed E-state index contributed by atoms with van der Waals surface area (Å²) >= 11 is 0. The zero-order chi connectivity index (χ0) is 25.4. The fourth-order valence-corrected chi connectivity index (χ4v) is 5.21. The van der Waals surface area contributed by atoms with Crippen LogP contribution in [-0.4, -0.2) is 96.4 Å². The maximum Gasteiger partial charge on any atom is 0.253 e. The van der Waals surface area contributed by atoms with Crippen LogP contribution >= 0.6 is 0 Å². The molecular formula is C25H33FN8O2. The largest absolute Gasteiger partial charge is 0.336 e. The molecule has 4 heterocycles. The first-order chi connectivity index (χ1) is 17.3. The summed E-state index contributed by atoms with van der Waals surface area (Å²) in [5, 5.41) is 7.72. The Balaban J connectivity index is 1.34. The van der Waals surface area contributed by atoms with Gasteiger partial charge in [-0.3, -0.25) is 19.9 Å². The molecule has 3 aliphatic heterocycles. The van der Waals surface area contributed by atoms with E-state index in [1.807, 2.05) is 36.1 Å². The number of hydrogen-bond donors (Lipinski definition) is 4. The Morgan fingerprint density at radius 2 is 1.94 bits per heavy atom. The van der Waals surface area contributed by atoms with Gasteiger partial charge in [-0.15, -0.1) is 0 Å². The number of nitrogens with one attached hydrogen (secondary N) is 3. The lowest BCUT2D eigenvalue weighted by Crippen LogP contribution is -2.58. The van der Waals surface area contributed by atoms with E-state index < -0.39 is 24.4 Å². The molecule has 3 aliphatic rings. The average molecular weight is 497 g/mol. The first kappa shape index (κ1) is 24.7. The standard InChI is InChI=1S/C25H33FN8O2/c1-15-11-16(25(36)33-9-7-32(2)8-10-33)3-4-18(15)19-5-6-28-13-20(19)30-24(35)21-22(27)31-34-14-17(26)12-29-23(21)34/h3-6,11,13,17,21-23,29,31H,7-10,12,14,27H2,1-2H3,(H,30,35). The van der Waals surface area contributed by atoms with Gasteiger partial charge in [0.2, 0.25) is 5.91 Å². The van der Waals surface area contributed by atoms with Crippen LogP contribution in [0.1, 0.15) is 15.9 Å². The van der Waals surface area contributed by atoms with Gasteiger partial charge in [0.05, 0.1) is 30.1 Å². The summed E-state index contributed by atoms with van der Waals surface area (Å²) in [5.74, 6) is -0.861. The van der Waals surface area contributed by atoms with E-state index in [9.17, 15) is 14.0 Å². The van der Waals surface area contributed by atoms with Gasteiger partial charge in [0.15, 0.2) is 0 Å². The summed E-state index contributed by atoms with van der Waals surface area (Å²) in [5.41, 5.74) is 13.0. The Morgan fingerprint density at radius 3 is 2.69 bits per heavy atom. The summed E-state index contributed by atoms with van der Waals surface area (Å²) in [6.45, 7) is 5.47. The third-order valence-corrected chi connectivity index (χ3v) is 7.26. The van der Waals surface area contributed by atoms with Crippen LogP contribution < -0.4 is 21.8 Å². The summed E-state index contributed by atoms with van der Waals surface area (Å²) in [7, 11) is 2.06. The summed E-state index contributed by atoms with van der Waals surface area (Å²) < 4.78 is 13.8. The average Bonchev–Trinajstić information content (AvgIpc) is 3.19. The van der Waals surface area contributed by atoms with Crippen LogP contribution in [0.5, 0.6) is 0 Å². The van der Waals surface area contributed by atoms with Crippen molar-refractivity contribution >= 4 is 17.5 Å². The minimum absolute atomic E-state index is 0.0313. The van der Waals surface area contributed by atoms with Crippen molar-refractivity contribution in [2.24, 2.45) is 11.7 Å². The fraction of sp³-hybridized carbons (Fsp3) is 0.480. The molecule has 192 valence electrons. The molecule has 10 nitrogen and oxygen atoms in total. The SMILES string of the molecule is Cc1cc(C(=O)N2CCN(C)CC2)ccc1-c1ccncc1NC(=O)C1C(N)NN2CC(F)CNC12. The number of carbonyl (C=O) groups excluding carboxylic acids is 2. The van der Waals surface area contributed by atoms with Crippen LogP contribution in [0.25, 0.3) is 11.1 Å². The lowest BCUT2D eigenvalue weighted by molar-refractivity contribution is -0.121. The number of anilines is 1. The number of halogens is 1. The second-order valence-corrected chi connectivity index (χ2v) is 9.82. The molecule has 5 N–H and O–H groups in total. The summed E-state index contributed by atoms with van der Waals surface area (Å²) in [6.07, 6.45) is 1.21. The van der Waals surface area contributed by atoms with E-state index in [0.29, 0.717) is 24.3 Å². The van der Waals surface area contributed by atoms with Crippen LogP contribution in [0.4, 0.5) is 10.1 Å². The molecule has 0 bridgehead atoms. The number of benzene rings is 1. The zero-order valence-corrected chi connectivity index (χ0v) is 20.6. The van der Waals surface area contributed by atoms with Crippen molar-refractivity contribution < 1.29 is 14.0 Å². The van der Waals surface area contributed by atoms with Gasteiger partial charge >= 0.3 is 0 Å². The molecule has 5 rings (SSSR count). The quantitative estimate of drug-likeness (QED) is 0.480. The van der Waals surface area contributed by atoms with E-state index in [4.69, 9.17) is 5.73 Å². The van der Waals surface area contributed by atoms with Crippen LogP contribution in [0, 0.1) is 12.8 Å². The second kappa shape index (κ2) is 10.2. The van der Waals surface area contributed by atoms with Crippen LogP contribution in [-0.2, 0) is 4.79 Å². The summed E-state index contributed by atoms with van der Waals surface area (Å²) in [6, 6.07) is 7.49. The number of hydrazine groups is 1. The third-order valence-electron chi connectivity index (χ3n) is 7.26. The van der Waals surface area contributed by atoms with Gasteiger partial charge in [-0.25, -0.2) is 14.8 Å². The number of nitrogens with two attached hydrogens (primary N) is 1. The Hall–Kier alpha value is -2.96. The molecule has 36 heavy (non-hydrogen) atoms. The molecule has 1 aromatic heterocycles. The Kier molecular flexibility index (Phi) is 7.00. The number of hydrogen-bond acceptors (Lipinski definition) is 8. The minimum atomic E-state index is -1.03. The number of amides is 2. The Bertz CT molecular complexity index is 1140. The number of likely N-dealkylation sites (N-methyl/N-ethyl adjacent to an activating group) is 1. The van der Waals surface area contributed by atoms with Gasteiger partial charge in [-0.2, -0.15) is 0 Å². The molecule has 2 amide bonds. The molecule has 4 atom stereocenters. The number of alkyl halides is 1. The molecule has 1 aromatic carbocycles. The van der Waals surface area contributed by atoms with Crippen molar-refractivity contribution in [2.45, 2.75) is 25.4 Å². The van der Waals surface area contributed by atoms with E-state index in [-0.39, 0.29) is 24.9 Å². The van der Waals surface area contributed by atoms with Crippen LogP contribution in [0.3, 0.4) is 0 Å². The predicted molar refractivity (Wildman–Crippen MR) is 134 cm³/mol. The van der Waals surface area contributed by atoms with Gasteiger partial charge in [0.1, 0.15) is 6.17 Å².